The second-order valence-electron chi connectivity index (χ2n) is 5.79. The van der Waals surface area contributed by atoms with Gasteiger partial charge in [0.25, 0.3) is 0 Å². The molecule has 0 saturated carbocycles. The minimum Gasteiger partial charge on any atom is -0.466 e. The molecule has 2 aromatic rings. The third kappa shape index (κ3) is 4.09. The van der Waals surface area contributed by atoms with Crippen molar-refractivity contribution in [1.29, 1.82) is 0 Å². The first-order valence-electron chi connectivity index (χ1n) is 7.72. The summed E-state index contributed by atoms with van der Waals surface area (Å²) in [5, 5.41) is 11.8. The van der Waals surface area contributed by atoms with Gasteiger partial charge in [0.1, 0.15) is 11.3 Å². The SMILES string of the molecule is CCOC(=O)CC(C[N+](=O)[O-])c1cc2cccc(C(C)C)c2o1. The molecule has 2 rings (SSSR count). The smallest absolute Gasteiger partial charge is 0.306 e. The van der Waals surface area contributed by atoms with E-state index in [0.29, 0.717) is 5.76 Å². The number of esters is 1. The highest BCUT2D eigenvalue weighted by molar-refractivity contribution is 5.82. The van der Waals surface area contributed by atoms with Gasteiger partial charge in [-0.15, -0.1) is 0 Å². The summed E-state index contributed by atoms with van der Waals surface area (Å²) in [6.07, 6.45) is -0.0638. The number of hydrogen-bond acceptors (Lipinski definition) is 5. The fraction of sp³-hybridized carbons (Fsp3) is 0.471. The van der Waals surface area contributed by atoms with Crippen LogP contribution in [0.5, 0.6) is 0 Å². The van der Waals surface area contributed by atoms with Crippen LogP contribution in [0.15, 0.2) is 28.7 Å². The standard InChI is InChI=1S/C17H21NO5/c1-4-22-16(19)9-13(10-18(20)21)15-8-12-6-5-7-14(11(2)3)17(12)23-15/h5-8,11,13H,4,9-10H2,1-3H3. The largest absolute Gasteiger partial charge is 0.466 e. The first kappa shape index (κ1) is 17.0. The van der Waals surface area contributed by atoms with Gasteiger partial charge >= 0.3 is 5.97 Å². The fourth-order valence-electron chi connectivity index (χ4n) is 2.62. The average Bonchev–Trinajstić information content (AvgIpc) is 2.89. The molecule has 6 heteroatoms. The Morgan fingerprint density at radius 2 is 2.13 bits per heavy atom. The molecule has 124 valence electrons. The Bertz CT molecular complexity index is 704. The van der Waals surface area contributed by atoms with Crippen LogP contribution in [0, 0.1) is 10.1 Å². The first-order chi connectivity index (χ1) is 10.9. The number of carbonyl (C=O) groups is 1. The lowest BCUT2D eigenvalue weighted by atomic mass is 10.0. The van der Waals surface area contributed by atoms with Gasteiger partial charge in [0, 0.05) is 10.3 Å². The highest BCUT2D eigenvalue weighted by Crippen LogP contribution is 2.32. The number of para-hydroxylation sites is 1. The van der Waals surface area contributed by atoms with Crippen LogP contribution in [-0.4, -0.2) is 24.0 Å². The number of carbonyl (C=O) groups excluding carboxylic acids is 1. The lowest BCUT2D eigenvalue weighted by molar-refractivity contribution is -0.483. The van der Waals surface area contributed by atoms with Crippen molar-refractivity contribution in [1.82, 2.24) is 0 Å². The van der Waals surface area contributed by atoms with E-state index in [9.17, 15) is 14.9 Å². The quantitative estimate of drug-likeness (QED) is 0.439. The van der Waals surface area contributed by atoms with Gasteiger partial charge in [-0.25, -0.2) is 0 Å². The molecule has 0 radical (unpaired) electrons. The number of furan rings is 1. The maximum Gasteiger partial charge on any atom is 0.306 e. The maximum absolute atomic E-state index is 11.7. The first-order valence-corrected chi connectivity index (χ1v) is 7.72. The number of benzene rings is 1. The van der Waals surface area contributed by atoms with Gasteiger partial charge in [0.2, 0.25) is 6.54 Å². The maximum atomic E-state index is 11.7. The van der Waals surface area contributed by atoms with E-state index >= 15 is 0 Å². The zero-order valence-corrected chi connectivity index (χ0v) is 13.6. The minimum absolute atomic E-state index is 0.0638. The third-order valence-electron chi connectivity index (χ3n) is 3.71. The predicted molar refractivity (Wildman–Crippen MR) is 86.2 cm³/mol. The van der Waals surface area contributed by atoms with Crippen LogP contribution in [0.3, 0.4) is 0 Å². The minimum atomic E-state index is -0.628. The highest BCUT2D eigenvalue weighted by Gasteiger charge is 2.26. The Kier molecular flexibility index (Phi) is 5.36. The van der Waals surface area contributed by atoms with E-state index in [0.717, 1.165) is 16.5 Å². The molecule has 1 aromatic heterocycles. The Morgan fingerprint density at radius 1 is 1.39 bits per heavy atom. The molecule has 0 aliphatic heterocycles. The zero-order valence-electron chi connectivity index (χ0n) is 13.6. The van der Waals surface area contributed by atoms with Gasteiger partial charge in [-0.1, -0.05) is 32.0 Å². The van der Waals surface area contributed by atoms with Crippen LogP contribution in [0.2, 0.25) is 0 Å². The molecule has 1 unspecified atom stereocenters. The van der Waals surface area contributed by atoms with Gasteiger partial charge < -0.3 is 9.15 Å². The van der Waals surface area contributed by atoms with Crippen LogP contribution in [0.25, 0.3) is 11.0 Å². The van der Waals surface area contributed by atoms with Crippen LogP contribution >= 0.6 is 0 Å². The summed E-state index contributed by atoms with van der Waals surface area (Å²) in [6, 6.07) is 7.61. The van der Waals surface area contributed by atoms with E-state index in [2.05, 4.69) is 13.8 Å². The van der Waals surface area contributed by atoms with E-state index in [1.165, 1.54) is 0 Å². The van der Waals surface area contributed by atoms with Crippen molar-refractivity contribution in [3.63, 3.8) is 0 Å². The molecular formula is C17H21NO5. The summed E-state index contributed by atoms with van der Waals surface area (Å²) in [4.78, 5) is 22.2. The van der Waals surface area contributed by atoms with Gasteiger partial charge in [-0.3, -0.25) is 14.9 Å². The van der Waals surface area contributed by atoms with E-state index in [1.54, 1.807) is 13.0 Å². The Morgan fingerprint density at radius 3 is 2.74 bits per heavy atom. The summed E-state index contributed by atoms with van der Waals surface area (Å²) >= 11 is 0. The molecular weight excluding hydrogens is 298 g/mol. The number of rotatable bonds is 7. The van der Waals surface area contributed by atoms with Gasteiger partial charge in [-0.05, 0) is 24.5 Å². The van der Waals surface area contributed by atoms with Crippen LogP contribution in [0.1, 0.15) is 50.4 Å². The lowest BCUT2D eigenvalue weighted by Crippen LogP contribution is -2.17. The number of hydrogen-bond donors (Lipinski definition) is 0. The van der Waals surface area contributed by atoms with Crippen molar-refractivity contribution in [2.24, 2.45) is 0 Å². The van der Waals surface area contributed by atoms with Crippen LogP contribution in [-0.2, 0) is 9.53 Å². The molecule has 1 aromatic carbocycles. The zero-order chi connectivity index (χ0) is 17.0. The van der Waals surface area contributed by atoms with Crippen molar-refractivity contribution < 1.29 is 18.9 Å². The van der Waals surface area contributed by atoms with Crippen LogP contribution < -0.4 is 0 Å². The number of nitro groups is 1. The second-order valence-corrected chi connectivity index (χ2v) is 5.79. The van der Waals surface area contributed by atoms with E-state index in [-0.39, 0.29) is 25.5 Å². The molecule has 23 heavy (non-hydrogen) atoms. The second kappa shape index (κ2) is 7.26. The van der Waals surface area contributed by atoms with E-state index < -0.39 is 16.8 Å². The normalized spacial score (nSPS) is 12.5. The fourth-order valence-corrected chi connectivity index (χ4v) is 2.62. The molecule has 0 aliphatic rings. The Labute approximate surface area is 134 Å². The predicted octanol–water partition coefficient (Wildman–Crippen LogP) is 3.87. The van der Waals surface area contributed by atoms with Gasteiger partial charge in [0.15, 0.2) is 0 Å². The molecule has 0 spiro atoms. The third-order valence-corrected chi connectivity index (χ3v) is 3.71. The number of ether oxygens (including phenoxy) is 1. The summed E-state index contributed by atoms with van der Waals surface area (Å²) in [5.41, 5.74) is 1.78. The molecule has 0 saturated heterocycles. The van der Waals surface area contributed by atoms with E-state index in [4.69, 9.17) is 9.15 Å². The van der Waals surface area contributed by atoms with Gasteiger partial charge in [-0.2, -0.15) is 0 Å². The topological polar surface area (TPSA) is 82.6 Å². The number of fused-ring (bicyclic) bond motifs is 1. The summed E-state index contributed by atoms with van der Waals surface area (Å²) in [6.45, 7) is 5.71. The summed E-state index contributed by atoms with van der Waals surface area (Å²) in [7, 11) is 0. The summed E-state index contributed by atoms with van der Waals surface area (Å²) in [5.74, 6) is -0.352. The summed E-state index contributed by atoms with van der Waals surface area (Å²) < 4.78 is 10.8. The van der Waals surface area contributed by atoms with E-state index in [1.807, 2.05) is 18.2 Å². The van der Waals surface area contributed by atoms with Crippen molar-refractivity contribution in [2.75, 3.05) is 13.2 Å². The molecule has 0 N–H and O–H groups in total. The molecule has 6 nitrogen and oxygen atoms in total. The monoisotopic (exact) mass is 319 g/mol. The van der Waals surface area contributed by atoms with Crippen LogP contribution in [0.4, 0.5) is 0 Å². The Hall–Kier alpha value is -2.37. The lowest BCUT2D eigenvalue weighted by Gasteiger charge is -2.09. The van der Waals surface area contributed by atoms with Crippen molar-refractivity contribution in [3.05, 3.63) is 45.7 Å². The highest BCUT2D eigenvalue weighted by atomic mass is 16.6. The molecule has 0 aliphatic carbocycles. The Balaban J connectivity index is 2.38. The number of nitrogens with zero attached hydrogens (tertiary/aromatic N) is 1. The molecule has 0 amide bonds. The molecule has 0 bridgehead atoms. The molecule has 0 fully saturated rings. The average molecular weight is 319 g/mol. The van der Waals surface area contributed by atoms with Gasteiger partial charge in [0.05, 0.1) is 18.9 Å². The molecule has 1 heterocycles. The van der Waals surface area contributed by atoms with Crippen molar-refractivity contribution in [2.45, 2.75) is 39.0 Å². The molecule has 1 atom stereocenters. The van der Waals surface area contributed by atoms with Crippen molar-refractivity contribution >= 4 is 16.9 Å². The van der Waals surface area contributed by atoms with Crippen molar-refractivity contribution in [3.8, 4) is 0 Å².